The largest absolute Gasteiger partial charge is 0.126 e. The van der Waals surface area contributed by atoms with E-state index in [1.54, 1.807) is 0 Å². The minimum atomic E-state index is 1.12. The summed E-state index contributed by atoms with van der Waals surface area (Å²) in [5.41, 5.74) is 2.55. The van der Waals surface area contributed by atoms with Crippen molar-refractivity contribution in [3.63, 3.8) is 0 Å². The zero-order valence-electron chi connectivity index (χ0n) is 10.5. The molecule has 2 aromatic carbocycles. The summed E-state index contributed by atoms with van der Waals surface area (Å²) in [6.07, 6.45) is 2.56. The van der Waals surface area contributed by atoms with E-state index < -0.39 is 0 Å². The SMILES string of the molecule is CCCCSc1ccc(-c2ccc(Br)cc2)cc1. The summed E-state index contributed by atoms with van der Waals surface area (Å²) in [6, 6.07) is 17.3. The lowest BCUT2D eigenvalue weighted by molar-refractivity contribution is 0.896. The van der Waals surface area contributed by atoms with Crippen molar-refractivity contribution < 1.29 is 0 Å². The predicted octanol–water partition coefficient (Wildman–Crippen LogP) is 6.01. The fraction of sp³-hybridized carbons (Fsp3) is 0.250. The molecule has 18 heavy (non-hydrogen) atoms. The van der Waals surface area contributed by atoms with E-state index in [9.17, 15) is 0 Å². The molecule has 0 bridgehead atoms. The van der Waals surface area contributed by atoms with Gasteiger partial charge in [-0.1, -0.05) is 53.5 Å². The normalized spacial score (nSPS) is 10.6. The first kappa shape index (κ1) is 13.7. The third-order valence-electron chi connectivity index (χ3n) is 2.80. The molecule has 0 aliphatic heterocycles. The summed E-state index contributed by atoms with van der Waals surface area (Å²) in [5, 5.41) is 0. The number of halogens is 1. The maximum atomic E-state index is 3.46. The molecule has 0 radical (unpaired) electrons. The molecule has 2 rings (SSSR count). The number of thioether (sulfide) groups is 1. The van der Waals surface area contributed by atoms with Crippen LogP contribution in [-0.4, -0.2) is 5.75 Å². The lowest BCUT2D eigenvalue weighted by atomic mass is 10.1. The molecule has 0 atom stereocenters. The molecule has 0 saturated carbocycles. The highest BCUT2D eigenvalue weighted by Gasteiger charge is 1.98. The second-order valence-electron chi connectivity index (χ2n) is 4.23. The van der Waals surface area contributed by atoms with E-state index in [-0.39, 0.29) is 0 Å². The number of hydrogen-bond acceptors (Lipinski definition) is 1. The minimum Gasteiger partial charge on any atom is -0.126 e. The van der Waals surface area contributed by atoms with Gasteiger partial charge < -0.3 is 0 Å². The first-order valence-electron chi connectivity index (χ1n) is 6.28. The van der Waals surface area contributed by atoms with Gasteiger partial charge in [-0.2, -0.15) is 0 Å². The highest BCUT2D eigenvalue weighted by Crippen LogP contribution is 2.25. The number of hydrogen-bond donors (Lipinski definition) is 0. The fourth-order valence-electron chi connectivity index (χ4n) is 1.72. The first-order valence-corrected chi connectivity index (χ1v) is 8.06. The van der Waals surface area contributed by atoms with Gasteiger partial charge in [0.2, 0.25) is 0 Å². The van der Waals surface area contributed by atoms with Gasteiger partial charge in [-0.25, -0.2) is 0 Å². The molecule has 0 N–H and O–H groups in total. The van der Waals surface area contributed by atoms with Gasteiger partial charge in [-0.15, -0.1) is 11.8 Å². The van der Waals surface area contributed by atoms with Crippen LogP contribution >= 0.6 is 27.7 Å². The van der Waals surface area contributed by atoms with Gasteiger partial charge in [0.25, 0.3) is 0 Å². The molecule has 2 heteroatoms. The van der Waals surface area contributed by atoms with E-state index in [1.807, 2.05) is 11.8 Å². The average Bonchev–Trinajstić information content (AvgIpc) is 2.41. The molecule has 0 spiro atoms. The Hall–Kier alpha value is -0.730. The van der Waals surface area contributed by atoms with Crippen LogP contribution < -0.4 is 0 Å². The van der Waals surface area contributed by atoms with E-state index in [4.69, 9.17) is 0 Å². The topological polar surface area (TPSA) is 0 Å². The molecule has 2 aromatic rings. The average molecular weight is 321 g/mol. The van der Waals surface area contributed by atoms with Gasteiger partial charge in [-0.05, 0) is 47.6 Å². The first-order chi connectivity index (χ1) is 8.79. The van der Waals surface area contributed by atoms with Gasteiger partial charge in [0.15, 0.2) is 0 Å². The molecule has 94 valence electrons. The van der Waals surface area contributed by atoms with E-state index >= 15 is 0 Å². The van der Waals surface area contributed by atoms with Crippen LogP contribution in [0.1, 0.15) is 19.8 Å². The Kier molecular flexibility index (Phi) is 5.33. The highest BCUT2D eigenvalue weighted by molar-refractivity contribution is 9.10. The van der Waals surface area contributed by atoms with Crippen molar-refractivity contribution in [2.75, 3.05) is 5.75 Å². The summed E-state index contributed by atoms with van der Waals surface area (Å²) < 4.78 is 1.12. The molecular formula is C16H17BrS. The zero-order chi connectivity index (χ0) is 12.8. The maximum absolute atomic E-state index is 3.46. The van der Waals surface area contributed by atoms with E-state index in [1.165, 1.54) is 34.6 Å². The van der Waals surface area contributed by atoms with Gasteiger partial charge in [-0.3, -0.25) is 0 Å². The van der Waals surface area contributed by atoms with Crippen molar-refractivity contribution in [2.24, 2.45) is 0 Å². The summed E-state index contributed by atoms with van der Waals surface area (Å²) in [7, 11) is 0. The number of rotatable bonds is 5. The van der Waals surface area contributed by atoms with Crippen LogP contribution in [0.25, 0.3) is 11.1 Å². The van der Waals surface area contributed by atoms with Crippen LogP contribution in [0.15, 0.2) is 57.9 Å². The van der Waals surface area contributed by atoms with Crippen molar-refractivity contribution in [2.45, 2.75) is 24.7 Å². The molecule has 0 nitrogen and oxygen atoms in total. The Morgan fingerprint density at radius 2 is 1.44 bits per heavy atom. The maximum Gasteiger partial charge on any atom is 0.0175 e. The Labute approximate surface area is 122 Å². The molecule has 0 aliphatic carbocycles. The smallest absolute Gasteiger partial charge is 0.0175 e. The van der Waals surface area contributed by atoms with E-state index in [0.29, 0.717) is 0 Å². The minimum absolute atomic E-state index is 1.12. The molecule has 0 fully saturated rings. The summed E-state index contributed by atoms with van der Waals surface area (Å²) in [4.78, 5) is 1.37. The third kappa shape index (κ3) is 3.89. The molecule has 0 amide bonds. The predicted molar refractivity (Wildman–Crippen MR) is 85.2 cm³/mol. The fourth-order valence-corrected chi connectivity index (χ4v) is 2.98. The van der Waals surface area contributed by atoms with Crippen LogP contribution in [0.4, 0.5) is 0 Å². The summed E-state index contributed by atoms with van der Waals surface area (Å²) in [5.74, 6) is 1.22. The van der Waals surface area contributed by atoms with Gasteiger partial charge >= 0.3 is 0 Å². The second-order valence-corrected chi connectivity index (χ2v) is 6.32. The summed E-state index contributed by atoms with van der Waals surface area (Å²) >= 11 is 5.41. The van der Waals surface area contributed by atoms with Crippen molar-refractivity contribution in [1.82, 2.24) is 0 Å². The van der Waals surface area contributed by atoms with Gasteiger partial charge in [0.1, 0.15) is 0 Å². The Morgan fingerprint density at radius 1 is 0.889 bits per heavy atom. The Bertz CT molecular complexity index is 473. The van der Waals surface area contributed by atoms with Crippen molar-refractivity contribution in [3.05, 3.63) is 53.0 Å². The lowest BCUT2D eigenvalue weighted by Gasteiger charge is -2.04. The highest BCUT2D eigenvalue weighted by atomic mass is 79.9. The van der Waals surface area contributed by atoms with Crippen molar-refractivity contribution in [1.29, 1.82) is 0 Å². The van der Waals surface area contributed by atoms with Crippen molar-refractivity contribution >= 4 is 27.7 Å². The number of benzene rings is 2. The van der Waals surface area contributed by atoms with Crippen LogP contribution in [0.5, 0.6) is 0 Å². The molecule has 0 aromatic heterocycles. The van der Waals surface area contributed by atoms with Gasteiger partial charge in [0.05, 0.1) is 0 Å². The van der Waals surface area contributed by atoms with Gasteiger partial charge in [0, 0.05) is 9.37 Å². The van der Waals surface area contributed by atoms with Crippen LogP contribution in [-0.2, 0) is 0 Å². The second kappa shape index (κ2) is 7.01. The monoisotopic (exact) mass is 320 g/mol. The van der Waals surface area contributed by atoms with Crippen LogP contribution in [0, 0.1) is 0 Å². The quantitative estimate of drug-likeness (QED) is 0.480. The molecule has 0 aliphatic rings. The Morgan fingerprint density at radius 3 is 2.00 bits per heavy atom. The standard InChI is InChI=1S/C16H17BrS/c1-2-3-12-18-16-10-6-14(7-11-16)13-4-8-15(17)9-5-13/h4-11H,2-3,12H2,1H3. The molecule has 0 heterocycles. The molecular weight excluding hydrogens is 304 g/mol. The molecule has 0 saturated heterocycles. The number of unbranched alkanes of at least 4 members (excludes halogenated alkanes) is 1. The lowest BCUT2D eigenvalue weighted by Crippen LogP contribution is -1.80. The third-order valence-corrected chi connectivity index (χ3v) is 4.43. The van der Waals surface area contributed by atoms with Crippen LogP contribution in [0.2, 0.25) is 0 Å². The van der Waals surface area contributed by atoms with Crippen LogP contribution in [0.3, 0.4) is 0 Å². The van der Waals surface area contributed by atoms with E-state index in [2.05, 4.69) is 71.4 Å². The molecule has 0 unspecified atom stereocenters. The van der Waals surface area contributed by atoms with E-state index in [0.717, 1.165) is 4.47 Å². The zero-order valence-corrected chi connectivity index (χ0v) is 12.9. The Balaban J connectivity index is 2.05. The van der Waals surface area contributed by atoms with Crippen molar-refractivity contribution in [3.8, 4) is 11.1 Å². The summed E-state index contributed by atoms with van der Waals surface area (Å²) in [6.45, 7) is 2.23.